The number of hydrogen-bond acceptors (Lipinski definition) is 4. The SMILES string of the molecule is CO/C=C/C=C1C(=O)N(C)C(=O)N(C)C1=O. The van der Waals surface area contributed by atoms with E-state index in [1.807, 2.05) is 0 Å². The molecule has 0 aromatic rings. The topological polar surface area (TPSA) is 66.9 Å². The van der Waals surface area contributed by atoms with Crippen LogP contribution in [0.15, 0.2) is 24.0 Å². The molecule has 0 spiro atoms. The molecule has 1 aliphatic rings. The summed E-state index contributed by atoms with van der Waals surface area (Å²) in [6, 6.07) is -0.636. The summed E-state index contributed by atoms with van der Waals surface area (Å²) < 4.78 is 4.64. The van der Waals surface area contributed by atoms with E-state index >= 15 is 0 Å². The van der Waals surface area contributed by atoms with Gasteiger partial charge < -0.3 is 4.74 Å². The van der Waals surface area contributed by atoms with Crippen molar-refractivity contribution < 1.29 is 19.1 Å². The molecule has 0 aliphatic carbocycles. The molecule has 0 radical (unpaired) electrons. The van der Waals surface area contributed by atoms with E-state index in [1.54, 1.807) is 0 Å². The van der Waals surface area contributed by atoms with Crippen LogP contribution in [0.2, 0.25) is 0 Å². The van der Waals surface area contributed by atoms with E-state index in [9.17, 15) is 14.4 Å². The zero-order valence-corrected chi connectivity index (χ0v) is 9.26. The second-order valence-electron chi connectivity index (χ2n) is 3.16. The summed E-state index contributed by atoms with van der Waals surface area (Å²) in [5.74, 6) is -1.23. The van der Waals surface area contributed by atoms with Crippen molar-refractivity contribution in [1.82, 2.24) is 9.80 Å². The highest BCUT2D eigenvalue weighted by molar-refractivity contribution is 6.28. The van der Waals surface area contributed by atoms with Crippen LogP contribution in [0.5, 0.6) is 0 Å². The number of carbonyl (C=O) groups excluding carboxylic acids is 3. The summed E-state index contributed by atoms with van der Waals surface area (Å²) in [7, 11) is 4.09. The normalized spacial score (nSPS) is 17.4. The van der Waals surface area contributed by atoms with Crippen molar-refractivity contribution in [1.29, 1.82) is 0 Å². The number of barbiturate groups is 1. The molecule has 1 saturated heterocycles. The van der Waals surface area contributed by atoms with Crippen molar-refractivity contribution >= 4 is 17.8 Å². The van der Waals surface area contributed by atoms with E-state index in [1.165, 1.54) is 39.6 Å². The van der Waals surface area contributed by atoms with Crippen LogP contribution in [-0.2, 0) is 14.3 Å². The number of hydrogen-bond donors (Lipinski definition) is 0. The minimum atomic E-state index is -0.636. The Balaban J connectivity index is 3.05. The number of nitrogens with zero attached hydrogens (tertiary/aromatic N) is 2. The van der Waals surface area contributed by atoms with Gasteiger partial charge in [0.15, 0.2) is 0 Å². The molecule has 0 aromatic heterocycles. The molecule has 1 heterocycles. The Morgan fingerprint density at radius 1 is 1.06 bits per heavy atom. The number of amides is 4. The Morgan fingerprint density at radius 3 is 2.00 bits per heavy atom. The second-order valence-corrected chi connectivity index (χ2v) is 3.16. The number of likely N-dealkylation sites (N-methyl/N-ethyl adjacent to an activating group) is 2. The molecule has 1 aliphatic heterocycles. The molecular formula is C10H12N2O4. The highest BCUT2D eigenvalue weighted by atomic mass is 16.5. The Bertz CT molecular complexity index is 372. The summed E-state index contributed by atoms with van der Waals surface area (Å²) in [5.41, 5.74) is -0.0714. The maximum absolute atomic E-state index is 11.6. The first-order chi connectivity index (χ1) is 7.50. The molecule has 6 nitrogen and oxygen atoms in total. The number of imide groups is 2. The van der Waals surface area contributed by atoms with Crippen molar-refractivity contribution in [3.8, 4) is 0 Å². The van der Waals surface area contributed by atoms with Gasteiger partial charge in [-0.15, -0.1) is 0 Å². The smallest absolute Gasteiger partial charge is 0.333 e. The average Bonchev–Trinajstić information content (AvgIpc) is 2.28. The summed E-state index contributed by atoms with van der Waals surface area (Å²) in [6.07, 6.45) is 4.06. The third-order valence-electron chi connectivity index (χ3n) is 2.12. The summed E-state index contributed by atoms with van der Waals surface area (Å²) >= 11 is 0. The summed E-state index contributed by atoms with van der Waals surface area (Å²) in [4.78, 5) is 36.3. The zero-order valence-electron chi connectivity index (χ0n) is 9.26. The summed E-state index contributed by atoms with van der Waals surface area (Å²) in [5, 5.41) is 0. The lowest BCUT2D eigenvalue weighted by Crippen LogP contribution is -2.52. The molecule has 0 unspecified atom stereocenters. The molecule has 1 fully saturated rings. The molecule has 0 aromatic carbocycles. The fourth-order valence-corrected chi connectivity index (χ4v) is 1.21. The lowest BCUT2D eigenvalue weighted by atomic mass is 10.1. The number of allylic oxidation sites excluding steroid dienone is 2. The number of urea groups is 1. The van der Waals surface area contributed by atoms with E-state index in [0.717, 1.165) is 9.80 Å². The van der Waals surface area contributed by atoms with Gasteiger partial charge in [0, 0.05) is 14.1 Å². The Labute approximate surface area is 92.8 Å². The zero-order chi connectivity index (χ0) is 12.3. The number of carbonyl (C=O) groups is 3. The minimum Gasteiger partial charge on any atom is -0.504 e. The van der Waals surface area contributed by atoms with Gasteiger partial charge in [0.25, 0.3) is 11.8 Å². The number of rotatable bonds is 2. The quantitative estimate of drug-likeness (QED) is 0.379. The summed E-state index contributed by atoms with van der Waals surface area (Å²) in [6.45, 7) is 0. The Hall–Kier alpha value is -2.11. The first kappa shape index (κ1) is 12.0. The van der Waals surface area contributed by atoms with Crippen LogP contribution in [-0.4, -0.2) is 48.9 Å². The molecule has 0 N–H and O–H groups in total. The Morgan fingerprint density at radius 2 is 1.56 bits per heavy atom. The third-order valence-corrected chi connectivity index (χ3v) is 2.12. The standard InChI is InChI=1S/C10H12N2O4/c1-11-8(13)7(5-4-6-16-3)9(14)12(2)10(11)15/h4-6H,1-3H3/b6-4+. The van der Waals surface area contributed by atoms with Gasteiger partial charge >= 0.3 is 6.03 Å². The number of ether oxygens (including phenoxy) is 1. The predicted molar refractivity (Wildman–Crippen MR) is 55.2 cm³/mol. The molecule has 6 heteroatoms. The highest BCUT2D eigenvalue weighted by Crippen LogP contribution is 2.14. The minimum absolute atomic E-state index is 0.0714. The molecule has 1 rings (SSSR count). The Kier molecular flexibility index (Phi) is 3.44. The van der Waals surface area contributed by atoms with Crippen LogP contribution in [0.1, 0.15) is 0 Å². The first-order valence-corrected chi connectivity index (χ1v) is 4.50. The lowest BCUT2D eigenvalue weighted by molar-refractivity contribution is -0.134. The van der Waals surface area contributed by atoms with Crippen LogP contribution in [0.25, 0.3) is 0 Å². The van der Waals surface area contributed by atoms with Gasteiger partial charge in [-0.05, 0) is 12.2 Å². The van der Waals surface area contributed by atoms with Gasteiger partial charge in [-0.3, -0.25) is 19.4 Å². The molecule has 16 heavy (non-hydrogen) atoms. The molecule has 0 saturated carbocycles. The van der Waals surface area contributed by atoms with Crippen molar-refractivity contribution in [3.05, 3.63) is 24.0 Å². The molecular weight excluding hydrogens is 212 g/mol. The van der Waals surface area contributed by atoms with Crippen LogP contribution in [0.4, 0.5) is 4.79 Å². The van der Waals surface area contributed by atoms with E-state index in [2.05, 4.69) is 4.74 Å². The highest BCUT2D eigenvalue weighted by Gasteiger charge is 2.37. The lowest BCUT2D eigenvalue weighted by Gasteiger charge is -2.28. The van der Waals surface area contributed by atoms with Gasteiger partial charge in [0.1, 0.15) is 5.57 Å². The maximum Gasteiger partial charge on any atom is 0.333 e. The van der Waals surface area contributed by atoms with Crippen molar-refractivity contribution in [3.63, 3.8) is 0 Å². The van der Waals surface area contributed by atoms with Crippen LogP contribution in [0.3, 0.4) is 0 Å². The van der Waals surface area contributed by atoms with E-state index in [-0.39, 0.29) is 5.57 Å². The van der Waals surface area contributed by atoms with Gasteiger partial charge in [0.05, 0.1) is 13.4 Å². The fourth-order valence-electron chi connectivity index (χ4n) is 1.21. The largest absolute Gasteiger partial charge is 0.504 e. The third kappa shape index (κ3) is 1.95. The molecule has 0 bridgehead atoms. The van der Waals surface area contributed by atoms with Gasteiger partial charge in [0.2, 0.25) is 0 Å². The average molecular weight is 224 g/mol. The van der Waals surface area contributed by atoms with E-state index in [4.69, 9.17) is 0 Å². The van der Waals surface area contributed by atoms with E-state index in [0.29, 0.717) is 0 Å². The predicted octanol–water partition coefficient (Wildman–Crippen LogP) is 0.123. The fraction of sp³-hybridized carbons (Fsp3) is 0.300. The van der Waals surface area contributed by atoms with E-state index < -0.39 is 17.8 Å². The monoisotopic (exact) mass is 224 g/mol. The van der Waals surface area contributed by atoms with Crippen LogP contribution in [0, 0.1) is 0 Å². The van der Waals surface area contributed by atoms with Gasteiger partial charge in [-0.1, -0.05) is 0 Å². The first-order valence-electron chi connectivity index (χ1n) is 4.50. The number of methoxy groups -OCH3 is 1. The van der Waals surface area contributed by atoms with Crippen LogP contribution < -0.4 is 0 Å². The second kappa shape index (κ2) is 4.61. The molecule has 86 valence electrons. The molecule has 0 atom stereocenters. The van der Waals surface area contributed by atoms with Crippen molar-refractivity contribution in [2.45, 2.75) is 0 Å². The van der Waals surface area contributed by atoms with Crippen LogP contribution >= 0.6 is 0 Å². The maximum atomic E-state index is 11.6. The van der Waals surface area contributed by atoms with Gasteiger partial charge in [-0.2, -0.15) is 0 Å². The van der Waals surface area contributed by atoms with Gasteiger partial charge in [-0.25, -0.2) is 4.79 Å². The van der Waals surface area contributed by atoms with Crippen molar-refractivity contribution in [2.75, 3.05) is 21.2 Å². The van der Waals surface area contributed by atoms with Crippen molar-refractivity contribution in [2.24, 2.45) is 0 Å². The molecule has 4 amide bonds.